The van der Waals surface area contributed by atoms with Crippen LogP contribution in [0.5, 0.6) is 0 Å². The third-order valence-corrected chi connectivity index (χ3v) is 5.76. The molecule has 1 heterocycles. The summed E-state index contributed by atoms with van der Waals surface area (Å²) in [5.41, 5.74) is 5.70. The molecule has 2 aromatic rings. The second-order valence-electron chi connectivity index (χ2n) is 6.09. The lowest BCUT2D eigenvalue weighted by molar-refractivity contribution is -0.153. The van der Waals surface area contributed by atoms with Gasteiger partial charge in [-0.1, -0.05) is 42.6 Å². The van der Waals surface area contributed by atoms with Gasteiger partial charge in [0.05, 0.1) is 34.0 Å². The summed E-state index contributed by atoms with van der Waals surface area (Å²) in [5, 5.41) is 20.7. The topological polar surface area (TPSA) is 150 Å². The second kappa shape index (κ2) is 11.3. The van der Waals surface area contributed by atoms with Crippen molar-refractivity contribution in [3.8, 4) is 0 Å². The molecule has 0 saturated carbocycles. The van der Waals surface area contributed by atoms with E-state index < -0.39 is 36.2 Å². The molecular formula is C17H19Cl2N5O5S. The number of carboxylic acids is 1. The van der Waals surface area contributed by atoms with Crippen molar-refractivity contribution in [2.24, 2.45) is 5.73 Å². The summed E-state index contributed by atoms with van der Waals surface area (Å²) in [6, 6.07) is 1.75. The third-order valence-electron chi connectivity index (χ3n) is 3.81. The molecule has 0 bridgehead atoms. The number of nitrogens with zero attached hydrogens (tertiary/aromatic N) is 4. The Labute approximate surface area is 186 Å². The van der Waals surface area contributed by atoms with Crippen LogP contribution in [0.15, 0.2) is 28.3 Å². The number of carbonyl (C=O) groups is 3. The zero-order valence-electron chi connectivity index (χ0n) is 15.8. The number of Topliss-reactive ketones (excluding diaryl/α,β-unsaturated/α-hetero) is 1. The van der Waals surface area contributed by atoms with Crippen LogP contribution in [0, 0.1) is 0 Å². The lowest BCUT2D eigenvalue weighted by atomic mass is 10.0. The molecule has 1 aromatic carbocycles. The lowest BCUT2D eigenvalue weighted by Gasteiger charge is -2.19. The Hall–Kier alpha value is -2.21. The Morgan fingerprint density at radius 1 is 1.30 bits per heavy atom. The van der Waals surface area contributed by atoms with E-state index in [9.17, 15) is 14.4 Å². The Balaban J connectivity index is 2.39. The van der Waals surface area contributed by atoms with Gasteiger partial charge in [0.1, 0.15) is 0 Å². The molecule has 0 aliphatic carbocycles. The quantitative estimate of drug-likeness (QED) is 0.281. The highest BCUT2D eigenvalue weighted by atomic mass is 35.5. The van der Waals surface area contributed by atoms with Crippen LogP contribution < -0.4 is 5.73 Å². The molecule has 0 amide bonds. The predicted octanol–water partition coefficient (Wildman–Crippen LogP) is 2.39. The number of esters is 1. The van der Waals surface area contributed by atoms with Gasteiger partial charge >= 0.3 is 11.9 Å². The van der Waals surface area contributed by atoms with Crippen LogP contribution in [0.4, 0.5) is 0 Å². The van der Waals surface area contributed by atoms with Crippen LogP contribution in [0.1, 0.15) is 32.2 Å². The first-order valence-electron chi connectivity index (χ1n) is 8.83. The summed E-state index contributed by atoms with van der Waals surface area (Å²) in [6.07, 6.45) is 0.681. The first-order chi connectivity index (χ1) is 14.3. The van der Waals surface area contributed by atoms with Crippen LogP contribution in [0.3, 0.4) is 0 Å². The smallest absolute Gasteiger partial charge is 0.338 e. The van der Waals surface area contributed by atoms with Gasteiger partial charge in [0.15, 0.2) is 5.78 Å². The highest BCUT2D eigenvalue weighted by Crippen LogP contribution is 2.38. The lowest BCUT2D eigenvalue weighted by Crippen LogP contribution is -2.42. The number of hydrogen-bond donors (Lipinski definition) is 2. The van der Waals surface area contributed by atoms with Crippen LogP contribution in [0.2, 0.25) is 10.0 Å². The highest BCUT2D eigenvalue weighted by Gasteiger charge is 2.37. The molecule has 0 spiro atoms. The number of rotatable bonds is 11. The Kier molecular flexibility index (Phi) is 9.03. The molecule has 0 saturated heterocycles. The van der Waals surface area contributed by atoms with Gasteiger partial charge < -0.3 is 15.6 Å². The maximum absolute atomic E-state index is 12.8. The number of aromatic nitrogens is 4. The highest BCUT2D eigenvalue weighted by molar-refractivity contribution is 7.99. The summed E-state index contributed by atoms with van der Waals surface area (Å²) in [7, 11) is 0. The first-order valence-corrected chi connectivity index (χ1v) is 10.4. The van der Waals surface area contributed by atoms with Crippen molar-refractivity contribution in [1.29, 1.82) is 0 Å². The number of unbranched alkanes of at least 4 members (excludes halogenated alkanes) is 1. The minimum Gasteiger partial charge on any atom is -0.481 e. The van der Waals surface area contributed by atoms with Crippen LogP contribution in [-0.2, 0) is 19.1 Å². The number of aliphatic carboxylic acids is 1. The van der Waals surface area contributed by atoms with E-state index in [1.54, 1.807) is 18.2 Å². The molecular weight excluding hydrogens is 457 g/mol. The Morgan fingerprint density at radius 2 is 1.97 bits per heavy atom. The largest absolute Gasteiger partial charge is 0.481 e. The molecule has 0 radical (unpaired) electrons. The molecule has 2 rings (SSSR count). The van der Waals surface area contributed by atoms with Gasteiger partial charge in [-0.25, -0.2) is 4.79 Å². The standard InChI is InChI=1S/C17H19Cl2N5O5S/c1-2-3-7-29-16(28)13(14(27)11(20)8-12(25)26)24-17(21-22-23-24)30-15-9(18)5-4-6-10(15)19/h4-6,11,13H,2-3,7-8,20H2,1H3,(H,25,26). The minimum absolute atomic E-state index is 0.0262. The average Bonchev–Trinajstić information content (AvgIpc) is 3.12. The van der Waals surface area contributed by atoms with E-state index in [-0.39, 0.29) is 11.8 Å². The SMILES string of the molecule is CCCCOC(=O)C(C(=O)C(N)CC(=O)O)n1nnnc1Sc1c(Cl)cccc1Cl. The number of carbonyl (C=O) groups excluding carboxylic acids is 2. The van der Waals surface area contributed by atoms with Crippen molar-refractivity contribution in [2.75, 3.05) is 6.61 Å². The summed E-state index contributed by atoms with van der Waals surface area (Å²) < 4.78 is 6.09. The number of nitrogens with two attached hydrogens (primary N) is 1. The van der Waals surface area contributed by atoms with E-state index in [1.165, 1.54) is 0 Å². The van der Waals surface area contributed by atoms with E-state index in [0.717, 1.165) is 22.9 Å². The molecule has 2 atom stereocenters. The van der Waals surface area contributed by atoms with Crippen molar-refractivity contribution in [3.05, 3.63) is 28.2 Å². The zero-order valence-corrected chi connectivity index (χ0v) is 18.2. The maximum atomic E-state index is 12.8. The molecule has 2 unspecified atom stereocenters. The van der Waals surface area contributed by atoms with Crippen molar-refractivity contribution in [3.63, 3.8) is 0 Å². The first kappa shape index (κ1) is 24.1. The summed E-state index contributed by atoms with van der Waals surface area (Å²) in [5.74, 6) is -3.12. The average molecular weight is 476 g/mol. The number of tetrazole rings is 1. The number of halogens is 2. The molecule has 3 N–H and O–H groups in total. The summed E-state index contributed by atoms with van der Waals surface area (Å²) in [4.78, 5) is 36.9. The molecule has 0 aliphatic rings. The van der Waals surface area contributed by atoms with Gasteiger partial charge in [0.2, 0.25) is 11.2 Å². The van der Waals surface area contributed by atoms with E-state index in [4.69, 9.17) is 38.8 Å². The van der Waals surface area contributed by atoms with Gasteiger partial charge in [0.25, 0.3) is 0 Å². The second-order valence-corrected chi connectivity index (χ2v) is 7.88. The molecule has 0 aliphatic heterocycles. The normalized spacial score (nSPS) is 12.9. The third kappa shape index (κ3) is 6.14. The molecule has 0 fully saturated rings. The van der Waals surface area contributed by atoms with Crippen molar-refractivity contribution in [2.45, 2.75) is 48.3 Å². The van der Waals surface area contributed by atoms with Crippen LogP contribution in [0.25, 0.3) is 0 Å². The minimum atomic E-state index is -1.66. The van der Waals surface area contributed by atoms with E-state index >= 15 is 0 Å². The summed E-state index contributed by atoms with van der Waals surface area (Å²) >= 11 is 13.3. The maximum Gasteiger partial charge on any atom is 0.338 e. The number of ether oxygens (including phenoxy) is 1. The molecule has 1 aromatic heterocycles. The Morgan fingerprint density at radius 3 is 2.57 bits per heavy atom. The molecule has 162 valence electrons. The van der Waals surface area contributed by atoms with E-state index in [2.05, 4.69) is 15.5 Å². The predicted molar refractivity (Wildman–Crippen MR) is 109 cm³/mol. The Bertz CT molecular complexity index is 905. The summed E-state index contributed by atoms with van der Waals surface area (Å²) in [6.45, 7) is 1.98. The number of hydrogen-bond acceptors (Lipinski definition) is 9. The number of benzene rings is 1. The van der Waals surface area contributed by atoms with Gasteiger partial charge in [-0.05, 0) is 40.7 Å². The van der Waals surface area contributed by atoms with Gasteiger partial charge in [-0.2, -0.15) is 4.68 Å². The number of ketones is 1. The van der Waals surface area contributed by atoms with Crippen molar-refractivity contribution >= 4 is 52.7 Å². The fourth-order valence-corrected chi connectivity index (χ4v) is 3.77. The molecule has 10 nitrogen and oxygen atoms in total. The van der Waals surface area contributed by atoms with Crippen molar-refractivity contribution < 1.29 is 24.2 Å². The molecule has 13 heteroatoms. The fourth-order valence-electron chi connectivity index (χ4n) is 2.31. The fraction of sp³-hybridized carbons (Fsp3) is 0.412. The van der Waals surface area contributed by atoms with E-state index in [1.807, 2.05) is 6.92 Å². The number of carboxylic acid groups (broad SMARTS) is 1. The van der Waals surface area contributed by atoms with Gasteiger partial charge in [0, 0.05) is 0 Å². The van der Waals surface area contributed by atoms with Gasteiger partial charge in [-0.15, -0.1) is 5.10 Å². The monoisotopic (exact) mass is 475 g/mol. The van der Waals surface area contributed by atoms with Gasteiger partial charge in [-0.3, -0.25) is 9.59 Å². The van der Waals surface area contributed by atoms with E-state index in [0.29, 0.717) is 21.4 Å². The molecule has 30 heavy (non-hydrogen) atoms. The zero-order chi connectivity index (χ0) is 22.3. The van der Waals surface area contributed by atoms with Crippen LogP contribution in [-0.4, -0.2) is 55.7 Å². The van der Waals surface area contributed by atoms with Crippen LogP contribution >= 0.6 is 35.0 Å². The van der Waals surface area contributed by atoms with Crippen molar-refractivity contribution in [1.82, 2.24) is 20.2 Å².